The van der Waals surface area contributed by atoms with E-state index in [1.165, 1.54) is 0 Å². The zero-order chi connectivity index (χ0) is 20.6. The molecule has 0 bridgehead atoms. The number of anilines is 1. The number of amides is 1. The summed E-state index contributed by atoms with van der Waals surface area (Å²) in [4.78, 5) is 29.8. The lowest BCUT2D eigenvalue weighted by molar-refractivity contribution is -0.139. The molecular formula is C22H25ClN6O. The molecule has 3 aromatic rings. The van der Waals surface area contributed by atoms with Crippen LogP contribution >= 0.6 is 11.6 Å². The molecule has 7 nitrogen and oxygen atoms in total. The van der Waals surface area contributed by atoms with Gasteiger partial charge in [0.2, 0.25) is 5.91 Å². The largest absolute Gasteiger partial charge is 0.352 e. The topological polar surface area (TPSA) is 77.2 Å². The van der Waals surface area contributed by atoms with Gasteiger partial charge in [0.1, 0.15) is 17.8 Å². The van der Waals surface area contributed by atoms with Crippen LogP contribution in [-0.4, -0.2) is 65.0 Å². The van der Waals surface area contributed by atoms with Crippen molar-refractivity contribution in [2.45, 2.75) is 18.3 Å². The Morgan fingerprint density at radius 2 is 1.77 bits per heavy atom. The summed E-state index contributed by atoms with van der Waals surface area (Å²) in [5.41, 5.74) is 1.44. The number of fused-ring (bicyclic) bond motifs is 1. The van der Waals surface area contributed by atoms with Crippen LogP contribution in [0.2, 0.25) is 5.02 Å². The first-order chi connectivity index (χ1) is 14.7. The fourth-order valence-corrected chi connectivity index (χ4v) is 5.04. The third-order valence-electron chi connectivity index (χ3n) is 6.46. The number of halogens is 1. The Morgan fingerprint density at radius 1 is 1.03 bits per heavy atom. The second kappa shape index (κ2) is 7.89. The number of carbonyl (C=O) groups excluding carboxylic acids is 1. The van der Waals surface area contributed by atoms with E-state index in [1.54, 1.807) is 12.5 Å². The molecule has 0 atom stereocenters. The number of hydrogen-bond donors (Lipinski definition) is 2. The van der Waals surface area contributed by atoms with E-state index in [0.717, 1.165) is 61.4 Å². The smallest absolute Gasteiger partial charge is 0.233 e. The molecule has 30 heavy (non-hydrogen) atoms. The quantitative estimate of drug-likeness (QED) is 0.675. The Bertz CT molecular complexity index is 1040. The SMILES string of the molecule is O=C(N1CCN(c2ncnc3[nH]cc(Cl)c23)CC1)C1(c2ccccc2)CCNCC1. The number of H-pyrrole nitrogens is 1. The number of piperazine rings is 1. The van der Waals surface area contributed by atoms with Crippen molar-refractivity contribution in [2.24, 2.45) is 0 Å². The van der Waals surface area contributed by atoms with E-state index in [9.17, 15) is 4.79 Å². The molecule has 2 aromatic heterocycles. The van der Waals surface area contributed by atoms with Gasteiger partial charge in [0.25, 0.3) is 0 Å². The van der Waals surface area contributed by atoms with Crippen LogP contribution in [0.5, 0.6) is 0 Å². The fraction of sp³-hybridized carbons (Fsp3) is 0.409. The van der Waals surface area contributed by atoms with E-state index in [0.29, 0.717) is 18.1 Å². The summed E-state index contributed by atoms with van der Waals surface area (Å²) in [6.07, 6.45) is 4.97. The van der Waals surface area contributed by atoms with Crippen LogP contribution in [-0.2, 0) is 10.2 Å². The van der Waals surface area contributed by atoms with Gasteiger partial charge in [-0.05, 0) is 31.5 Å². The van der Waals surface area contributed by atoms with E-state index in [2.05, 4.69) is 37.3 Å². The lowest BCUT2D eigenvalue weighted by atomic mass is 9.72. The van der Waals surface area contributed by atoms with Gasteiger partial charge in [0, 0.05) is 32.4 Å². The van der Waals surface area contributed by atoms with Gasteiger partial charge < -0.3 is 20.1 Å². The molecule has 0 aliphatic carbocycles. The van der Waals surface area contributed by atoms with Crippen molar-refractivity contribution in [3.05, 3.63) is 53.4 Å². The molecule has 5 rings (SSSR count). The van der Waals surface area contributed by atoms with E-state index in [-0.39, 0.29) is 5.91 Å². The second-order valence-electron chi connectivity index (χ2n) is 8.03. The molecule has 0 saturated carbocycles. The summed E-state index contributed by atoms with van der Waals surface area (Å²) in [5, 5.41) is 4.87. The molecule has 1 amide bonds. The minimum atomic E-state index is -0.430. The fourth-order valence-electron chi connectivity index (χ4n) is 4.81. The average Bonchev–Trinajstić information content (AvgIpc) is 3.21. The highest BCUT2D eigenvalue weighted by atomic mass is 35.5. The number of rotatable bonds is 3. The summed E-state index contributed by atoms with van der Waals surface area (Å²) < 4.78 is 0. The minimum absolute atomic E-state index is 0.252. The first kappa shape index (κ1) is 19.3. The number of benzene rings is 1. The molecule has 0 radical (unpaired) electrons. The van der Waals surface area contributed by atoms with Crippen molar-refractivity contribution in [3.63, 3.8) is 0 Å². The molecule has 2 aliphatic rings. The molecule has 0 unspecified atom stereocenters. The van der Waals surface area contributed by atoms with Crippen molar-refractivity contribution < 1.29 is 4.79 Å². The van der Waals surface area contributed by atoms with Gasteiger partial charge in [0.05, 0.1) is 15.8 Å². The van der Waals surface area contributed by atoms with Gasteiger partial charge in [-0.25, -0.2) is 9.97 Å². The molecule has 156 valence electrons. The Labute approximate surface area is 180 Å². The monoisotopic (exact) mass is 424 g/mol. The van der Waals surface area contributed by atoms with Crippen LogP contribution < -0.4 is 10.2 Å². The van der Waals surface area contributed by atoms with Gasteiger partial charge in [-0.15, -0.1) is 0 Å². The summed E-state index contributed by atoms with van der Waals surface area (Å²) in [7, 11) is 0. The van der Waals surface area contributed by atoms with Crippen LogP contribution in [0.25, 0.3) is 11.0 Å². The minimum Gasteiger partial charge on any atom is -0.352 e. The maximum Gasteiger partial charge on any atom is 0.233 e. The lowest BCUT2D eigenvalue weighted by Crippen LogP contribution is -2.57. The molecule has 2 N–H and O–H groups in total. The highest BCUT2D eigenvalue weighted by molar-refractivity contribution is 6.36. The van der Waals surface area contributed by atoms with Crippen molar-refractivity contribution in [1.29, 1.82) is 0 Å². The lowest BCUT2D eigenvalue weighted by Gasteiger charge is -2.43. The molecule has 0 spiro atoms. The van der Waals surface area contributed by atoms with E-state index >= 15 is 0 Å². The number of nitrogens with one attached hydrogen (secondary N) is 2. The van der Waals surface area contributed by atoms with Crippen LogP contribution in [0.3, 0.4) is 0 Å². The Kier molecular flexibility index (Phi) is 5.08. The van der Waals surface area contributed by atoms with Crippen LogP contribution in [0.15, 0.2) is 42.9 Å². The number of piperidine rings is 1. The molecular weight excluding hydrogens is 400 g/mol. The van der Waals surface area contributed by atoms with Crippen LogP contribution in [0.1, 0.15) is 18.4 Å². The summed E-state index contributed by atoms with van der Waals surface area (Å²) >= 11 is 6.36. The van der Waals surface area contributed by atoms with Crippen LogP contribution in [0.4, 0.5) is 5.82 Å². The average molecular weight is 425 g/mol. The third kappa shape index (κ3) is 3.22. The van der Waals surface area contributed by atoms with Gasteiger partial charge in [-0.2, -0.15) is 0 Å². The molecule has 8 heteroatoms. The second-order valence-corrected chi connectivity index (χ2v) is 8.44. The van der Waals surface area contributed by atoms with Crippen molar-refractivity contribution in [3.8, 4) is 0 Å². The number of aromatic nitrogens is 3. The number of nitrogens with zero attached hydrogens (tertiary/aromatic N) is 4. The van der Waals surface area contributed by atoms with Gasteiger partial charge in [-0.3, -0.25) is 4.79 Å². The van der Waals surface area contributed by atoms with E-state index in [4.69, 9.17) is 11.6 Å². The molecule has 2 saturated heterocycles. The summed E-state index contributed by atoms with van der Waals surface area (Å²) in [5.74, 6) is 1.08. The zero-order valence-electron chi connectivity index (χ0n) is 16.8. The van der Waals surface area contributed by atoms with Gasteiger partial charge in [0.15, 0.2) is 0 Å². The van der Waals surface area contributed by atoms with Crippen molar-refractivity contribution >= 4 is 34.4 Å². The first-order valence-corrected chi connectivity index (χ1v) is 10.8. The Morgan fingerprint density at radius 3 is 2.50 bits per heavy atom. The molecule has 1 aromatic carbocycles. The predicted octanol–water partition coefficient (Wildman–Crippen LogP) is 2.58. The van der Waals surface area contributed by atoms with Crippen molar-refractivity contribution in [2.75, 3.05) is 44.2 Å². The highest BCUT2D eigenvalue weighted by Gasteiger charge is 2.44. The molecule has 2 aliphatic heterocycles. The van der Waals surface area contributed by atoms with E-state index in [1.807, 2.05) is 23.1 Å². The first-order valence-electron chi connectivity index (χ1n) is 10.5. The van der Waals surface area contributed by atoms with Gasteiger partial charge >= 0.3 is 0 Å². The molecule has 2 fully saturated rings. The Hall–Kier alpha value is -2.64. The number of carbonyl (C=O) groups is 1. The standard InChI is InChI=1S/C22H25ClN6O/c23-17-14-25-19-18(17)20(27-15-26-19)28-10-12-29(13-11-28)21(30)22(6-8-24-9-7-22)16-4-2-1-3-5-16/h1-5,14-15,24H,6-13H2,(H,25,26,27). The maximum absolute atomic E-state index is 13.8. The molecule has 4 heterocycles. The number of hydrogen-bond acceptors (Lipinski definition) is 5. The predicted molar refractivity (Wildman–Crippen MR) is 118 cm³/mol. The van der Waals surface area contributed by atoms with Gasteiger partial charge in [-0.1, -0.05) is 41.9 Å². The zero-order valence-corrected chi connectivity index (χ0v) is 17.5. The van der Waals surface area contributed by atoms with Crippen LogP contribution in [0, 0.1) is 0 Å². The van der Waals surface area contributed by atoms with E-state index < -0.39 is 5.41 Å². The third-order valence-corrected chi connectivity index (χ3v) is 6.76. The summed E-state index contributed by atoms with van der Waals surface area (Å²) in [6.45, 7) is 4.53. The van der Waals surface area contributed by atoms with Crippen molar-refractivity contribution in [1.82, 2.24) is 25.2 Å². The Balaban J connectivity index is 1.37. The number of aromatic amines is 1. The maximum atomic E-state index is 13.8. The normalized spacial score (nSPS) is 19.2. The summed E-state index contributed by atoms with van der Waals surface area (Å²) in [6, 6.07) is 10.3. The highest BCUT2D eigenvalue weighted by Crippen LogP contribution is 2.36.